The third kappa shape index (κ3) is 3.62. The fraction of sp³-hybridized carbons (Fsp3) is 0.375. The van der Waals surface area contributed by atoms with Crippen LogP contribution in [-0.4, -0.2) is 6.04 Å². The molecule has 1 aromatic heterocycles. The normalized spacial score (nSPS) is 14.5. The number of hydrogen-bond donors (Lipinski definition) is 1. The quantitative estimate of drug-likeness (QED) is 0.817. The maximum absolute atomic E-state index is 6.07. The monoisotopic (exact) mass is 351 g/mol. The highest BCUT2D eigenvalue weighted by Gasteiger charge is 2.20. The molecule has 0 atom stereocenters. The van der Waals surface area contributed by atoms with Crippen molar-refractivity contribution in [3.8, 4) is 5.75 Å². The smallest absolute Gasteiger partial charge is 0.127 e. The van der Waals surface area contributed by atoms with Crippen molar-refractivity contribution in [1.82, 2.24) is 5.32 Å². The molecule has 3 rings (SSSR count). The maximum Gasteiger partial charge on any atom is 0.127 e. The van der Waals surface area contributed by atoms with Crippen molar-refractivity contribution >= 4 is 27.3 Å². The summed E-state index contributed by atoms with van der Waals surface area (Å²) in [6, 6.07) is 9.21. The molecular weight excluding hydrogens is 334 g/mol. The first-order valence-corrected chi connectivity index (χ1v) is 8.57. The predicted octanol–water partition coefficient (Wildman–Crippen LogP) is 4.65. The molecule has 106 valence electrons. The lowest BCUT2D eigenvalue weighted by molar-refractivity contribution is 0.303. The van der Waals surface area contributed by atoms with Crippen molar-refractivity contribution < 1.29 is 4.74 Å². The Balaban J connectivity index is 1.69. The third-order valence-corrected chi connectivity index (χ3v) is 5.10. The Hall–Kier alpha value is -0.840. The van der Waals surface area contributed by atoms with Gasteiger partial charge in [0.15, 0.2) is 0 Å². The number of benzene rings is 1. The van der Waals surface area contributed by atoms with E-state index in [4.69, 9.17) is 4.74 Å². The molecule has 0 bridgehead atoms. The lowest BCUT2D eigenvalue weighted by Crippen LogP contribution is -2.16. The molecule has 0 amide bonds. The molecule has 0 aliphatic heterocycles. The summed E-state index contributed by atoms with van der Waals surface area (Å²) in [5, 5.41) is 5.65. The summed E-state index contributed by atoms with van der Waals surface area (Å²) in [5.74, 6) is 1.03. The van der Waals surface area contributed by atoms with Gasteiger partial charge in [-0.15, -0.1) is 11.3 Å². The minimum Gasteiger partial charge on any atom is -0.487 e. The zero-order valence-corrected chi connectivity index (χ0v) is 13.9. The Kier molecular flexibility index (Phi) is 4.44. The Morgan fingerprint density at radius 2 is 2.25 bits per heavy atom. The molecule has 1 heterocycles. The lowest BCUT2D eigenvalue weighted by Gasteiger charge is -2.14. The van der Waals surface area contributed by atoms with Gasteiger partial charge in [0.25, 0.3) is 0 Å². The van der Waals surface area contributed by atoms with E-state index in [1.54, 1.807) is 11.3 Å². The van der Waals surface area contributed by atoms with Gasteiger partial charge in [-0.3, -0.25) is 0 Å². The molecule has 1 aromatic carbocycles. The second-order valence-electron chi connectivity index (χ2n) is 5.24. The van der Waals surface area contributed by atoms with E-state index in [0.29, 0.717) is 6.61 Å². The number of aryl methyl sites for hydroxylation is 1. The summed E-state index contributed by atoms with van der Waals surface area (Å²) in [5.41, 5.74) is 2.46. The number of rotatable bonds is 6. The minimum atomic E-state index is 0.636. The summed E-state index contributed by atoms with van der Waals surface area (Å²) >= 11 is 5.20. The van der Waals surface area contributed by atoms with Gasteiger partial charge in [-0.2, -0.15) is 0 Å². The van der Waals surface area contributed by atoms with Crippen LogP contribution in [0.25, 0.3) is 0 Å². The van der Waals surface area contributed by atoms with Gasteiger partial charge >= 0.3 is 0 Å². The summed E-state index contributed by atoms with van der Waals surface area (Å²) in [4.78, 5) is 1.24. The molecule has 0 saturated heterocycles. The number of ether oxygens (including phenoxy) is 1. The van der Waals surface area contributed by atoms with Crippen LogP contribution in [0.15, 0.2) is 34.1 Å². The van der Waals surface area contributed by atoms with E-state index in [-0.39, 0.29) is 0 Å². The summed E-state index contributed by atoms with van der Waals surface area (Å²) in [7, 11) is 0. The van der Waals surface area contributed by atoms with Crippen molar-refractivity contribution in [3.05, 3.63) is 50.1 Å². The van der Waals surface area contributed by atoms with E-state index in [0.717, 1.165) is 22.8 Å². The molecule has 1 saturated carbocycles. The summed E-state index contributed by atoms with van der Waals surface area (Å²) in [6.45, 7) is 3.65. The first-order valence-electron chi connectivity index (χ1n) is 6.90. The van der Waals surface area contributed by atoms with Crippen molar-refractivity contribution in [1.29, 1.82) is 0 Å². The first kappa shape index (κ1) is 14.1. The topological polar surface area (TPSA) is 21.3 Å². The standard InChI is InChI=1S/C16H18BrNOS/c1-11-3-2-4-12(8-18-14-5-6-14)16(11)19-9-15-7-13(17)10-20-15/h2-4,7,10,14,18H,5-6,8-9H2,1H3. The average molecular weight is 352 g/mol. The second-order valence-corrected chi connectivity index (χ2v) is 7.15. The van der Waals surface area contributed by atoms with Crippen molar-refractivity contribution in [3.63, 3.8) is 0 Å². The molecule has 1 fully saturated rings. The summed E-state index contributed by atoms with van der Waals surface area (Å²) in [6.07, 6.45) is 2.62. The molecular formula is C16H18BrNOS. The number of hydrogen-bond acceptors (Lipinski definition) is 3. The summed E-state index contributed by atoms with van der Waals surface area (Å²) < 4.78 is 7.20. The molecule has 1 aliphatic carbocycles. The van der Waals surface area contributed by atoms with Crippen LogP contribution in [-0.2, 0) is 13.2 Å². The van der Waals surface area contributed by atoms with E-state index < -0.39 is 0 Å². The number of nitrogens with one attached hydrogen (secondary N) is 1. The Labute approximate surface area is 132 Å². The van der Waals surface area contributed by atoms with Crippen LogP contribution in [0.3, 0.4) is 0 Å². The SMILES string of the molecule is Cc1cccc(CNC2CC2)c1OCc1cc(Br)cs1. The molecule has 4 heteroatoms. The molecule has 0 unspecified atom stereocenters. The maximum atomic E-state index is 6.07. The van der Waals surface area contributed by atoms with Crippen molar-refractivity contribution in [2.45, 2.75) is 39.0 Å². The third-order valence-electron chi connectivity index (χ3n) is 3.43. The van der Waals surface area contributed by atoms with Gasteiger partial charge in [0.2, 0.25) is 0 Å². The number of thiophene rings is 1. The molecule has 0 radical (unpaired) electrons. The molecule has 2 aromatic rings. The van der Waals surface area contributed by atoms with Crippen molar-refractivity contribution in [2.75, 3.05) is 0 Å². The highest BCUT2D eigenvalue weighted by atomic mass is 79.9. The van der Waals surface area contributed by atoms with Crippen LogP contribution >= 0.6 is 27.3 Å². The number of para-hydroxylation sites is 1. The van der Waals surface area contributed by atoms with E-state index in [2.05, 4.69) is 57.8 Å². The molecule has 1 N–H and O–H groups in total. The van der Waals surface area contributed by atoms with Crippen LogP contribution in [0, 0.1) is 6.92 Å². The van der Waals surface area contributed by atoms with E-state index in [1.807, 2.05) is 0 Å². The number of halogens is 1. The van der Waals surface area contributed by atoms with Crippen LogP contribution in [0.5, 0.6) is 5.75 Å². The average Bonchev–Trinajstić information content (AvgIpc) is 3.17. The van der Waals surface area contributed by atoms with Crippen LogP contribution in [0.2, 0.25) is 0 Å². The minimum absolute atomic E-state index is 0.636. The van der Waals surface area contributed by atoms with Gasteiger partial charge in [-0.25, -0.2) is 0 Å². The predicted molar refractivity (Wildman–Crippen MR) is 87.4 cm³/mol. The zero-order chi connectivity index (χ0) is 13.9. The van der Waals surface area contributed by atoms with E-state index >= 15 is 0 Å². The highest BCUT2D eigenvalue weighted by Crippen LogP contribution is 2.28. The van der Waals surface area contributed by atoms with Crippen molar-refractivity contribution in [2.24, 2.45) is 0 Å². The van der Waals surface area contributed by atoms with Crippen LogP contribution < -0.4 is 10.1 Å². The second kappa shape index (κ2) is 6.29. The fourth-order valence-electron chi connectivity index (χ4n) is 2.17. The van der Waals surface area contributed by atoms with Crippen LogP contribution in [0.4, 0.5) is 0 Å². The van der Waals surface area contributed by atoms with Gasteiger partial charge in [-0.05, 0) is 47.3 Å². The molecule has 20 heavy (non-hydrogen) atoms. The van der Waals surface area contributed by atoms with Crippen LogP contribution in [0.1, 0.15) is 28.8 Å². The van der Waals surface area contributed by atoms with E-state index in [1.165, 1.54) is 28.8 Å². The highest BCUT2D eigenvalue weighted by molar-refractivity contribution is 9.10. The zero-order valence-electron chi connectivity index (χ0n) is 11.5. The van der Waals surface area contributed by atoms with Gasteiger partial charge in [0.05, 0.1) is 0 Å². The van der Waals surface area contributed by atoms with Gasteiger partial charge in [0, 0.05) is 32.9 Å². The Morgan fingerprint density at radius 3 is 2.95 bits per heavy atom. The van der Waals surface area contributed by atoms with Gasteiger partial charge < -0.3 is 10.1 Å². The molecule has 2 nitrogen and oxygen atoms in total. The molecule has 1 aliphatic rings. The first-order chi connectivity index (χ1) is 9.72. The Morgan fingerprint density at radius 1 is 1.40 bits per heavy atom. The van der Waals surface area contributed by atoms with Gasteiger partial charge in [-0.1, -0.05) is 18.2 Å². The van der Waals surface area contributed by atoms with E-state index in [9.17, 15) is 0 Å². The fourth-order valence-corrected chi connectivity index (χ4v) is 3.54. The lowest BCUT2D eigenvalue weighted by atomic mass is 10.1. The van der Waals surface area contributed by atoms with Gasteiger partial charge in [0.1, 0.15) is 12.4 Å². The molecule has 0 spiro atoms. The Bertz CT molecular complexity index is 592. The largest absolute Gasteiger partial charge is 0.487 e.